The predicted octanol–water partition coefficient (Wildman–Crippen LogP) is 3.84. The molecule has 2 heterocycles. The molecule has 0 aliphatic carbocycles. The molecule has 7 nitrogen and oxygen atoms in total. The van der Waals surface area contributed by atoms with Crippen molar-refractivity contribution in [2.75, 3.05) is 12.9 Å². The molecule has 0 spiro atoms. The van der Waals surface area contributed by atoms with Gasteiger partial charge < -0.3 is 13.6 Å². The second kappa shape index (κ2) is 7.71. The summed E-state index contributed by atoms with van der Waals surface area (Å²) >= 11 is 1.46. The van der Waals surface area contributed by atoms with E-state index in [9.17, 15) is 4.79 Å². The van der Waals surface area contributed by atoms with E-state index in [0.29, 0.717) is 29.0 Å². The number of methoxy groups -OCH3 is 1. The molecule has 0 aliphatic rings. The zero-order valence-electron chi connectivity index (χ0n) is 14.6. The van der Waals surface area contributed by atoms with E-state index in [-0.39, 0.29) is 5.76 Å². The fourth-order valence-corrected chi connectivity index (χ4v) is 3.49. The zero-order valence-corrected chi connectivity index (χ0v) is 15.4. The molecule has 0 N–H and O–H groups in total. The van der Waals surface area contributed by atoms with Crippen LogP contribution in [0.15, 0.2) is 67.4 Å². The van der Waals surface area contributed by atoms with Crippen LogP contribution in [0.1, 0.15) is 6.42 Å². The van der Waals surface area contributed by atoms with Crippen molar-refractivity contribution >= 4 is 22.9 Å². The summed E-state index contributed by atoms with van der Waals surface area (Å²) in [6.45, 7) is 0.566. The Morgan fingerprint density at radius 2 is 1.89 bits per heavy atom. The Balaban J connectivity index is 1.38. The SMILES string of the molecule is COc1ccccc1-c1nnc(SCCCn2c(=O)oc3ccccc32)o1. The lowest BCUT2D eigenvalue weighted by atomic mass is 10.2. The van der Waals surface area contributed by atoms with Gasteiger partial charge in [0, 0.05) is 12.3 Å². The van der Waals surface area contributed by atoms with Crippen molar-refractivity contribution in [1.82, 2.24) is 14.8 Å². The van der Waals surface area contributed by atoms with Gasteiger partial charge in [-0.15, -0.1) is 10.2 Å². The molecule has 4 aromatic rings. The van der Waals surface area contributed by atoms with Crippen molar-refractivity contribution in [3.8, 4) is 17.2 Å². The molecule has 0 aliphatic heterocycles. The number of oxazole rings is 1. The van der Waals surface area contributed by atoms with Crippen LogP contribution in [0.3, 0.4) is 0 Å². The van der Waals surface area contributed by atoms with Crippen molar-refractivity contribution in [1.29, 1.82) is 0 Å². The van der Waals surface area contributed by atoms with Crippen molar-refractivity contribution in [2.24, 2.45) is 0 Å². The van der Waals surface area contributed by atoms with Crippen LogP contribution >= 0.6 is 11.8 Å². The van der Waals surface area contributed by atoms with E-state index in [1.807, 2.05) is 42.5 Å². The molecule has 0 radical (unpaired) electrons. The topological polar surface area (TPSA) is 83.3 Å². The average molecular weight is 383 g/mol. The highest BCUT2D eigenvalue weighted by atomic mass is 32.2. The maximum Gasteiger partial charge on any atom is 0.419 e. The number of hydrogen-bond donors (Lipinski definition) is 0. The maximum absolute atomic E-state index is 12.0. The van der Waals surface area contributed by atoms with Crippen molar-refractivity contribution in [3.63, 3.8) is 0 Å². The average Bonchev–Trinajstić information content (AvgIpc) is 3.29. The van der Waals surface area contributed by atoms with Gasteiger partial charge in [-0.2, -0.15) is 0 Å². The summed E-state index contributed by atoms with van der Waals surface area (Å²) in [5.74, 6) is 1.51. The summed E-state index contributed by atoms with van der Waals surface area (Å²) in [7, 11) is 1.60. The van der Waals surface area contributed by atoms with Crippen LogP contribution < -0.4 is 10.5 Å². The largest absolute Gasteiger partial charge is 0.496 e. The number of ether oxygens (including phenoxy) is 1. The Kier molecular flexibility index (Phi) is 4.97. The van der Waals surface area contributed by atoms with Crippen LogP contribution in [0.2, 0.25) is 0 Å². The first-order valence-electron chi connectivity index (χ1n) is 8.44. The molecule has 0 unspecified atom stereocenters. The molecule has 0 fully saturated rings. The number of thioether (sulfide) groups is 1. The molecule has 2 aromatic carbocycles. The van der Waals surface area contributed by atoms with Crippen LogP contribution in [0.4, 0.5) is 0 Å². The third-order valence-electron chi connectivity index (χ3n) is 4.07. The Morgan fingerprint density at radius 1 is 1.07 bits per heavy atom. The first kappa shape index (κ1) is 17.4. The molecule has 0 saturated heterocycles. The number of aromatic nitrogens is 3. The van der Waals surface area contributed by atoms with Gasteiger partial charge in [-0.05, 0) is 30.7 Å². The van der Waals surface area contributed by atoms with Crippen LogP contribution in [-0.2, 0) is 6.54 Å². The number of hydrogen-bond acceptors (Lipinski definition) is 7. The number of rotatable bonds is 7. The summed E-state index contributed by atoms with van der Waals surface area (Å²) in [5.41, 5.74) is 2.17. The highest BCUT2D eigenvalue weighted by molar-refractivity contribution is 7.99. The molecular weight excluding hydrogens is 366 g/mol. The Hall–Kier alpha value is -3.00. The fourth-order valence-electron chi connectivity index (χ4n) is 2.81. The van der Waals surface area contributed by atoms with Crippen LogP contribution in [-0.4, -0.2) is 27.6 Å². The zero-order chi connectivity index (χ0) is 18.6. The Morgan fingerprint density at radius 3 is 2.78 bits per heavy atom. The molecule has 0 saturated carbocycles. The highest BCUT2D eigenvalue weighted by Crippen LogP contribution is 2.30. The summed E-state index contributed by atoms with van der Waals surface area (Å²) in [4.78, 5) is 12.0. The predicted molar refractivity (Wildman–Crippen MR) is 102 cm³/mol. The number of para-hydroxylation sites is 3. The van der Waals surface area contributed by atoms with Gasteiger partial charge in [0.15, 0.2) is 5.58 Å². The summed E-state index contributed by atoms with van der Waals surface area (Å²) in [6, 6.07) is 14.9. The van der Waals surface area contributed by atoms with E-state index in [1.165, 1.54) is 11.8 Å². The third kappa shape index (κ3) is 3.61. The van der Waals surface area contributed by atoms with Gasteiger partial charge in [-0.1, -0.05) is 36.0 Å². The Bertz CT molecular complexity index is 1120. The molecule has 4 rings (SSSR count). The quantitative estimate of drug-likeness (QED) is 0.354. The second-order valence-corrected chi connectivity index (χ2v) is 6.81. The Labute approximate surface area is 159 Å². The van der Waals surface area contributed by atoms with Crippen LogP contribution in [0.25, 0.3) is 22.6 Å². The van der Waals surface area contributed by atoms with Crippen LogP contribution in [0, 0.1) is 0 Å². The van der Waals surface area contributed by atoms with E-state index >= 15 is 0 Å². The highest BCUT2D eigenvalue weighted by Gasteiger charge is 2.13. The van der Waals surface area contributed by atoms with Gasteiger partial charge in [-0.3, -0.25) is 4.57 Å². The minimum atomic E-state index is -0.336. The summed E-state index contributed by atoms with van der Waals surface area (Å²) < 4.78 is 17.9. The molecular formula is C19H17N3O4S. The molecule has 0 atom stereocenters. The van der Waals surface area contributed by atoms with Gasteiger partial charge in [0.2, 0.25) is 0 Å². The number of benzene rings is 2. The minimum absolute atomic E-state index is 0.336. The molecule has 27 heavy (non-hydrogen) atoms. The normalized spacial score (nSPS) is 11.1. The van der Waals surface area contributed by atoms with Crippen molar-refractivity contribution < 1.29 is 13.6 Å². The fraction of sp³-hybridized carbons (Fsp3) is 0.211. The second-order valence-electron chi connectivity index (χ2n) is 5.76. The molecule has 0 bridgehead atoms. The number of aryl methyl sites for hydroxylation is 1. The van der Waals surface area contributed by atoms with Gasteiger partial charge in [-0.25, -0.2) is 4.79 Å². The molecule has 0 amide bonds. The third-order valence-corrected chi connectivity index (χ3v) is 4.97. The summed E-state index contributed by atoms with van der Waals surface area (Å²) in [6.07, 6.45) is 0.764. The maximum atomic E-state index is 12.0. The standard InChI is InChI=1S/C19H17N3O4S/c1-24-15-9-4-2-7-13(15)17-20-21-18(26-17)27-12-6-11-22-14-8-3-5-10-16(14)25-19(22)23/h2-5,7-10H,6,11-12H2,1H3. The number of fused-ring (bicyclic) bond motifs is 1. The first-order valence-corrected chi connectivity index (χ1v) is 9.43. The monoisotopic (exact) mass is 383 g/mol. The molecule has 138 valence electrons. The van der Waals surface area contributed by atoms with Gasteiger partial charge in [0.1, 0.15) is 5.75 Å². The van der Waals surface area contributed by atoms with Gasteiger partial charge >= 0.3 is 5.76 Å². The van der Waals surface area contributed by atoms with Crippen LogP contribution in [0.5, 0.6) is 5.75 Å². The lowest BCUT2D eigenvalue weighted by Gasteiger charge is -2.03. The minimum Gasteiger partial charge on any atom is -0.496 e. The molecule has 8 heteroatoms. The van der Waals surface area contributed by atoms with E-state index in [2.05, 4.69) is 10.2 Å². The lowest BCUT2D eigenvalue weighted by molar-refractivity contribution is 0.411. The first-order chi connectivity index (χ1) is 13.3. The smallest absolute Gasteiger partial charge is 0.419 e. The van der Waals surface area contributed by atoms with E-state index in [1.54, 1.807) is 17.7 Å². The van der Waals surface area contributed by atoms with E-state index in [4.69, 9.17) is 13.6 Å². The van der Waals surface area contributed by atoms with Gasteiger partial charge in [0.25, 0.3) is 11.1 Å². The van der Waals surface area contributed by atoms with Crippen molar-refractivity contribution in [2.45, 2.75) is 18.2 Å². The number of nitrogens with zero attached hydrogens (tertiary/aromatic N) is 3. The van der Waals surface area contributed by atoms with E-state index < -0.39 is 0 Å². The summed E-state index contributed by atoms with van der Waals surface area (Å²) in [5, 5.41) is 8.65. The van der Waals surface area contributed by atoms with E-state index in [0.717, 1.165) is 23.3 Å². The van der Waals surface area contributed by atoms with Gasteiger partial charge in [0.05, 0.1) is 18.2 Å². The molecule has 2 aromatic heterocycles. The lowest BCUT2D eigenvalue weighted by Crippen LogP contribution is -2.14. The van der Waals surface area contributed by atoms with Crippen molar-refractivity contribution in [3.05, 3.63) is 59.1 Å².